The Morgan fingerprint density at radius 2 is 1.57 bits per heavy atom. The fourth-order valence-electron chi connectivity index (χ4n) is 3.01. The number of nitrogens with one attached hydrogen (secondary N) is 2. The van der Waals surface area contributed by atoms with Crippen LogP contribution in [0.2, 0.25) is 0 Å². The van der Waals surface area contributed by atoms with Crippen molar-refractivity contribution in [2.24, 2.45) is 4.99 Å². The standard InChI is InChI=1S/C22H31N3O5/c1-7-30-17-11-9-16(14-19(17)27-4)25-22(23-2)24-13-12-15-8-10-18(26-3)21(29-6)20(15)28-5/h8-11,14H,7,12-13H2,1-6H3,(H2,23,24,25). The molecule has 0 aliphatic heterocycles. The highest BCUT2D eigenvalue weighted by molar-refractivity contribution is 5.93. The van der Waals surface area contributed by atoms with E-state index in [4.69, 9.17) is 23.7 Å². The van der Waals surface area contributed by atoms with E-state index in [1.165, 1.54) is 0 Å². The molecule has 8 heteroatoms. The summed E-state index contributed by atoms with van der Waals surface area (Å²) in [6.07, 6.45) is 0.705. The molecule has 0 aliphatic rings. The number of aliphatic imine (C=N–C) groups is 1. The lowest BCUT2D eigenvalue weighted by Gasteiger charge is -2.17. The Hall–Kier alpha value is -3.29. The zero-order chi connectivity index (χ0) is 21.9. The molecular formula is C22H31N3O5. The maximum atomic E-state index is 5.56. The molecule has 0 saturated heterocycles. The van der Waals surface area contributed by atoms with Gasteiger partial charge in [0.25, 0.3) is 0 Å². The molecule has 0 radical (unpaired) electrons. The number of ether oxygens (including phenoxy) is 5. The largest absolute Gasteiger partial charge is 0.493 e. The normalized spacial score (nSPS) is 10.9. The van der Waals surface area contributed by atoms with Gasteiger partial charge in [0, 0.05) is 30.9 Å². The molecule has 30 heavy (non-hydrogen) atoms. The Morgan fingerprint density at radius 3 is 2.17 bits per heavy atom. The minimum Gasteiger partial charge on any atom is -0.493 e. The Bertz CT molecular complexity index is 855. The van der Waals surface area contributed by atoms with Crippen LogP contribution < -0.4 is 34.3 Å². The molecule has 8 nitrogen and oxygen atoms in total. The SMILES string of the molecule is CCOc1ccc(NC(=NC)NCCc2ccc(OC)c(OC)c2OC)cc1OC. The van der Waals surface area contributed by atoms with Crippen molar-refractivity contribution < 1.29 is 23.7 Å². The van der Waals surface area contributed by atoms with Gasteiger partial charge in [0.1, 0.15) is 0 Å². The van der Waals surface area contributed by atoms with Gasteiger partial charge in [-0.05, 0) is 31.5 Å². The first-order chi connectivity index (χ1) is 14.6. The lowest BCUT2D eigenvalue weighted by molar-refractivity contribution is 0.311. The van der Waals surface area contributed by atoms with E-state index in [1.807, 2.05) is 37.3 Å². The Morgan fingerprint density at radius 1 is 0.867 bits per heavy atom. The van der Waals surface area contributed by atoms with E-state index in [0.717, 1.165) is 11.3 Å². The van der Waals surface area contributed by atoms with Crippen molar-refractivity contribution in [2.75, 3.05) is 54.0 Å². The molecular weight excluding hydrogens is 386 g/mol. The summed E-state index contributed by atoms with van der Waals surface area (Å²) in [4.78, 5) is 4.28. The van der Waals surface area contributed by atoms with E-state index >= 15 is 0 Å². The third-order valence-electron chi connectivity index (χ3n) is 4.42. The quantitative estimate of drug-likeness (QED) is 0.453. The van der Waals surface area contributed by atoms with Gasteiger partial charge < -0.3 is 34.3 Å². The molecule has 2 rings (SSSR count). The molecule has 2 N–H and O–H groups in total. The summed E-state index contributed by atoms with van der Waals surface area (Å²) in [6.45, 7) is 3.15. The second kappa shape index (κ2) is 11.6. The van der Waals surface area contributed by atoms with Crippen LogP contribution in [0.1, 0.15) is 12.5 Å². The summed E-state index contributed by atoms with van der Waals surface area (Å²) in [5.41, 5.74) is 1.84. The number of benzene rings is 2. The van der Waals surface area contributed by atoms with Gasteiger partial charge >= 0.3 is 0 Å². The van der Waals surface area contributed by atoms with Crippen LogP contribution in [-0.2, 0) is 6.42 Å². The van der Waals surface area contributed by atoms with Crippen LogP contribution >= 0.6 is 0 Å². The molecule has 2 aromatic rings. The van der Waals surface area contributed by atoms with E-state index in [-0.39, 0.29) is 0 Å². The van der Waals surface area contributed by atoms with Crippen molar-refractivity contribution in [2.45, 2.75) is 13.3 Å². The maximum Gasteiger partial charge on any atom is 0.203 e. The first kappa shape index (κ1) is 23.0. The van der Waals surface area contributed by atoms with Gasteiger partial charge in [-0.3, -0.25) is 4.99 Å². The summed E-state index contributed by atoms with van der Waals surface area (Å²) < 4.78 is 27.3. The molecule has 0 amide bonds. The van der Waals surface area contributed by atoms with Crippen molar-refractivity contribution >= 4 is 11.6 Å². The summed E-state index contributed by atoms with van der Waals surface area (Å²) in [5, 5.41) is 6.56. The Labute approximate surface area is 178 Å². The van der Waals surface area contributed by atoms with Gasteiger partial charge in [-0.15, -0.1) is 0 Å². The molecule has 0 aliphatic carbocycles. The Kier molecular flexibility index (Phi) is 8.93. The van der Waals surface area contributed by atoms with Crippen molar-refractivity contribution in [1.29, 1.82) is 0 Å². The minimum atomic E-state index is 0.575. The lowest BCUT2D eigenvalue weighted by atomic mass is 10.1. The van der Waals surface area contributed by atoms with Gasteiger partial charge in [-0.25, -0.2) is 0 Å². The van der Waals surface area contributed by atoms with Crippen LogP contribution in [-0.4, -0.2) is 54.6 Å². The second-order valence-corrected chi connectivity index (χ2v) is 6.17. The topological polar surface area (TPSA) is 82.6 Å². The molecule has 164 valence electrons. The maximum absolute atomic E-state index is 5.56. The predicted octanol–water partition coefficient (Wildman–Crippen LogP) is 3.35. The fourth-order valence-corrected chi connectivity index (χ4v) is 3.01. The predicted molar refractivity (Wildman–Crippen MR) is 119 cm³/mol. The average Bonchev–Trinajstić information content (AvgIpc) is 2.78. The molecule has 0 atom stereocenters. The highest BCUT2D eigenvalue weighted by Gasteiger charge is 2.15. The average molecular weight is 418 g/mol. The molecule has 0 spiro atoms. The Balaban J connectivity index is 2.03. The van der Waals surface area contributed by atoms with Gasteiger partial charge in [0.15, 0.2) is 29.0 Å². The second-order valence-electron chi connectivity index (χ2n) is 6.17. The first-order valence-corrected chi connectivity index (χ1v) is 9.68. The summed E-state index contributed by atoms with van der Waals surface area (Å²) >= 11 is 0. The van der Waals surface area contributed by atoms with Gasteiger partial charge in [-0.1, -0.05) is 6.07 Å². The van der Waals surface area contributed by atoms with Crippen LogP contribution in [0.25, 0.3) is 0 Å². The lowest BCUT2D eigenvalue weighted by Crippen LogP contribution is -2.32. The van der Waals surface area contributed by atoms with E-state index in [0.29, 0.717) is 54.3 Å². The number of methoxy groups -OCH3 is 4. The van der Waals surface area contributed by atoms with E-state index in [9.17, 15) is 0 Å². The zero-order valence-corrected chi connectivity index (χ0v) is 18.5. The van der Waals surface area contributed by atoms with Crippen LogP contribution in [0.15, 0.2) is 35.3 Å². The van der Waals surface area contributed by atoms with E-state index in [1.54, 1.807) is 35.5 Å². The molecule has 0 aromatic heterocycles. The van der Waals surface area contributed by atoms with Crippen LogP contribution in [0.5, 0.6) is 28.7 Å². The van der Waals surface area contributed by atoms with Crippen LogP contribution in [0.4, 0.5) is 5.69 Å². The third-order valence-corrected chi connectivity index (χ3v) is 4.42. The van der Waals surface area contributed by atoms with Gasteiger partial charge in [-0.2, -0.15) is 0 Å². The molecule has 0 bridgehead atoms. The number of guanidine groups is 1. The third kappa shape index (κ3) is 5.62. The fraction of sp³-hybridized carbons (Fsp3) is 0.409. The monoisotopic (exact) mass is 417 g/mol. The van der Waals surface area contributed by atoms with Crippen molar-refractivity contribution in [3.63, 3.8) is 0 Å². The molecule has 0 heterocycles. The number of nitrogens with zero attached hydrogens (tertiary/aromatic N) is 1. The van der Waals surface area contributed by atoms with Crippen LogP contribution in [0.3, 0.4) is 0 Å². The van der Waals surface area contributed by atoms with E-state index in [2.05, 4.69) is 15.6 Å². The molecule has 0 unspecified atom stereocenters. The smallest absolute Gasteiger partial charge is 0.203 e. The summed E-state index contributed by atoms with van der Waals surface area (Å²) in [5.74, 6) is 3.88. The van der Waals surface area contributed by atoms with Crippen molar-refractivity contribution in [3.05, 3.63) is 35.9 Å². The zero-order valence-electron chi connectivity index (χ0n) is 18.5. The molecule has 0 fully saturated rings. The number of hydrogen-bond acceptors (Lipinski definition) is 6. The highest BCUT2D eigenvalue weighted by Crippen LogP contribution is 2.39. The first-order valence-electron chi connectivity index (χ1n) is 9.68. The number of rotatable bonds is 10. The molecule has 2 aromatic carbocycles. The summed E-state index contributed by atoms with van der Waals surface area (Å²) in [6, 6.07) is 9.49. The van der Waals surface area contributed by atoms with Crippen molar-refractivity contribution in [3.8, 4) is 28.7 Å². The highest BCUT2D eigenvalue weighted by atomic mass is 16.5. The van der Waals surface area contributed by atoms with Gasteiger partial charge in [0.2, 0.25) is 5.75 Å². The van der Waals surface area contributed by atoms with Crippen LogP contribution in [0, 0.1) is 0 Å². The van der Waals surface area contributed by atoms with Crippen molar-refractivity contribution in [1.82, 2.24) is 5.32 Å². The summed E-state index contributed by atoms with van der Waals surface area (Å²) in [7, 11) is 8.15. The van der Waals surface area contributed by atoms with E-state index < -0.39 is 0 Å². The number of hydrogen-bond donors (Lipinski definition) is 2. The minimum absolute atomic E-state index is 0.575. The number of anilines is 1. The molecule has 0 saturated carbocycles. The van der Waals surface area contributed by atoms with Gasteiger partial charge in [0.05, 0.1) is 35.0 Å².